The molecular weight excluding hydrogens is 410 g/mol. The lowest BCUT2D eigenvalue weighted by Gasteiger charge is -2.33. The van der Waals surface area contributed by atoms with E-state index in [9.17, 15) is 9.90 Å². The van der Waals surface area contributed by atoms with Crippen LogP contribution in [0.5, 0.6) is 5.88 Å². The van der Waals surface area contributed by atoms with Gasteiger partial charge in [0.1, 0.15) is 5.56 Å². The summed E-state index contributed by atoms with van der Waals surface area (Å²) in [5.74, 6) is -0.121. The Kier molecular flexibility index (Phi) is 6.96. The van der Waals surface area contributed by atoms with Crippen molar-refractivity contribution in [2.75, 3.05) is 6.54 Å². The van der Waals surface area contributed by atoms with Crippen LogP contribution in [0.25, 0.3) is 0 Å². The fourth-order valence-electron chi connectivity index (χ4n) is 4.38. The molecule has 1 atom stereocenters. The largest absolute Gasteiger partial charge is 0.494 e. The highest BCUT2D eigenvalue weighted by Crippen LogP contribution is 2.30. The van der Waals surface area contributed by atoms with E-state index in [-0.39, 0.29) is 22.3 Å². The molecule has 2 aromatic heterocycles. The second kappa shape index (κ2) is 10.0. The molecule has 1 fully saturated rings. The van der Waals surface area contributed by atoms with E-state index in [1.54, 1.807) is 10.8 Å². The molecule has 0 bridgehead atoms. The van der Waals surface area contributed by atoms with Gasteiger partial charge in [0.25, 0.3) is 5.56 Å². The molecule has 1 aliphatic heterocycles. The first-order valence-corrected chi connectivity index (χ1v) is 11.5. The number of nitrogens with zero attached hydrogens (tertiary/aromatic N) is 4. The zero-order valence-electron chi connectivity index (χ0n) is 17.7. The molecule has 8 heteroatoms. The lowest BCUT2D eigenvalue weighted by atomic mass is 9.97. The monoisotopic (exact) mass is 439 g/mol. The van der Waals surface area contributed by atoms with E-state index >= 15 is 0 Å². The van der Waals surface area contributed by atoms with E-state index in [1.165, 1.54) is 24.6 Å². The van der Waals surface area contributed by atoms with E-state index in [0.29, 0.717) is 6.54 Å². The van der Waals surface area contributed by atoms with Gasteiger partial charge in [-0.15, -0.1) is 0 Å². The predicted molar refractivity (Wildman–Crippen MR) is 124 cm³/mol. The number of piperidine rings is 1. The summed E-state index contributed by atoms with van der Waals surface area (Å²) in [6.07, 6.45) is 16.0. The van der Waals surface area contributed by atoms with Gasteiger partial charge in [0.2, 0.25) is 5.88 Å². The van der Waals surface area contributed by atoms with Crippen molar-refractivity contribution in [3.05, 3.63) is 62.4 Å². The maximum absolute atomic E-state index is 12.5. The molecule has 0 spiro atoms. The number of nitrogens with one attached hydrogen (secondary N) is 1. The van der Waals surface area contributed by atoms with Crippen LogP contribution < -0.4 is 5.56 Å². The molecule has 0 aromatic carbocycles. The molecular formula is C23H29N5O2S. The molecule has 1 aliphatic carbocycles. The number of H-pyrrole nitrogens is 1. The minimum atomic E-state index is -0.422. The third-order valence-corrected chi connectivity index (χ3v) is 6.45. The van der Waals surface area contributed by atoms with Gasteiger partial charge in [-0.1, -0.05) is 17.7 Å². The molecule has 1 saturated heterocycles. The molecule has 7 nitrogen and oxygen atoms in total. The number of hydrogen-bond acceptors (Lipinski definition) is 6. The molecule has 1 unspecified atom stereocenters. The third kappa shape index (κ3) is 5.12. The Morgan fingerprint density at radius 3 is 3.00 bits per heavy atom. The summed E-state index contributed by atoms with van der Waals surface area (Å²) in [6.45, 7) is 1.33. The average molecular weight is 440 g/mol. The number of hydrazone groups is 1. The number of aromatic nitrogens is 3. The molecule has 4 rings (SSSR count). The van der Waals surface area contributed by atoms with Crippen LogP contribution in [-0.4, -0.2) is 37.4 Å². The van der Waals surface area contributed by atoms with E-state index in [0.717, 1.165) is 50.6 Å². The zero-order valence-corrected chi connectivity index (χ0v) is 18.5. The first-order chi connectivity index (χ1) is 15.1. The highest BCUT2D eigenvalue weighted by atomic mass is 32.1. The second-order valence-corrected chi connectivity index (χ2v) is 8.60. The van der Waals surface area contributed by atoms with Crippen molar-refractivity contribution in [3.63, 3.8) is 0 Å². The van der Waals surface area contributed by atoms with Crippen molar-refractivity contribution in [1.29, 1.82) is 0 Å². The Balaban J connectivity index is 1.57. The first-order valence-electron chi connectivity index (χ1n) is 11.1. The number of hydrogen-bond donors (Lipinski definition) is 2. The number of aromatic hydroxyl groups is 1. The Morgan fingerprint density at radius 1 is 1.32 bits per heavy atom. The molecule has 31 heavy (non-hydrogen) atoms. The van der Waals surface area contributed by atoms with Gasteiger partial charge in [-0.25, -0.2) is 0 Å². The highest BCUT2D eigenvalue weighted by Gasteiger charge is 2.23. The van der Waals surface area contributed by atoms with Crippen molar-refractivity contribution < 1.29 is 5.11 Å². The number of rotatable bonds is 6. The van der Waals surface area contributed by atoms with E-state index in [4.69, 9.17) is 12.2 Å². The van der Waals surface area contributed by atoms with Crippen molar-refractivity contribution >= 4 is 18.4 Å². The van der Waals surface area contributed by atoms with E-state index in [1.807, 2.05) is 17.3 Å². The van der Waals surface area contributed by atoms with Crippen LogP contribution >= 0.6 is 12.2 Å². The predicted octanol–water partition coefficient (Wildman–Crippen LogP) is 4.46. The van der Waals surface area contributed by atoms with Gasteiger partial charge in [-0.3, -0.25) is 24.3 Å². The van der Waals surface area contributed by atoms with Crippen molar-refractivity contribution in [2.45, 2.75) is 64.0 Å². The highest BCUT2D eigenvalue weighted by molar-refractivity contribution is 7.71. The summed E-state index contributed by atoms with van der Waals surface area (Å²) < 4.78 is 1.84. The third-order valence-electron chi connectivity index (χ3n) is 6.13. The molecule has 2 aliphatic rings. The van der Waals surface area contributed by atoms with Crippen LogP contribution in [0, 0.1) is 4.77 Å². The minimum Gasteiger partial charge on any atom is -0.494 e. The molecule has 0 amide bonds. The standard InChI is InChI=1S/C23H29N5O2S/c29-21-19(16-25-28-13-5-4-10-20(28)18-9-6-12-24-15-18)22(30)27(23(31)26-21)14-11-17-7-2-1-3-8-17/h6-7,9,12,15-16,20,30H,1-5,8,10-11,13-14H2,(H,26,29,31). The van der Waals surface area contributed by atoms with Gasteiger partial charge in [0.05, 0.1) is 12.3 Å². The molecule has 164 valence electrons. The Morgan fingerprint density at radius 2 is 2.23 bits per heavy atom. The molecule has 2 aromatic rings. The molecule has 0 saturated carbocycles. The van der Waals surface area contributed by atoms with Crippen molar-refractivity contribution in [1.82, 2.24) is 19.5 Å². The second-order valence-electron chi connectivity index (χ2n) is 8.21. The van der Waals surface area contributed by atoms with Crippen LogP contribution in [0.15, 0.2) is 46.1 Å². The number of aromatic amines is 1. The minimum absolute atomic E-state index is 0.114. The van der Waals surface area contributed by atoms with Gasteiger partial charge in [-0.2, -0.15) is 5.10 Å². The van der Waals surface area contributed by atoms with Crippen molar-refractivity contribution in [3.8, 4) is 5.88 Å². The topological polar surface area (TPSA) is 86.5 Å². The lowest BCUT2D eigenvalue weighted by molar-refractivity contribution is 0.156. The zero-order chi connectivity index (χ0) is 21.6. The van der Waals surface area contributed by atoms with Gasteiger partial charge in [0, 0.05) is 25.5 Å². The van der Waals surface area contributed by atoms with Crippen molar-refractivity contribution in [2.24, 2.45) is 5.10 Å². The summed E-state index contributed by atoms with van der Waals surface area (Å²) in [5, 5.41) is 17.4. The van der Waals surface area contributed by atoms with Crippen LogP contribution in [0.2, 0.25) is 0 Å². The Bertz CT molecular complexity index is 1070. The molecule has 2 N–H and O–H groups in total. The number of pyridine rings is 1. The van der Waals surface area contributed by atoms with E-state index in [2.05, 4.69) is 27.2 Å². The summed E-state index contributed by atoms with van der Waals surface area (Å²) in [6, 6.07) is 4.09. The Hall–Kier alpha value is -2.74. The molecule has 0 radical (unpaired) electrons. The fourth-order valence-corrected chi connectivity index (χ4v) is 4.65. The maximum Gasteiger partial charge on any atom is 0.264 e. The van der Waals surface area contributed by atoms with Crippen LogP contribution in [-0.2, 0) is 6.54 Å². The van der Waals surface area contributed by atoms with Gasteiger partial charge >= 0.3 is 0 Å². The Labute approximate surface area is 187 Å². The van der Waals surface area contributed by atoms with Crippen LogP contribution in [0.3, 0.4) is 0 Å². The fraction of sp³-hybridized carbons (Fsp3) is 0.478. The van der Waals surface area contributed by atoms with Gasteiger partial charge in [0.15, 0.2) is 4.77 Å². The normalized spacial score (nSPS) is 19.5. The smallest absolute Gasteiger partial charge is 0.264 e. The summed E-state index contributed by atoms with van der Waals surface area (Å²) in [7, 11) is 0. The summed E-state index contributed by atoms with van der Waals surface area (Å²) >= 11 is 5.31. The van der Waals surface area contributed by atoms with Crippen LogP contribution in [0.4, 0.5) is 0 Å². The quantitative estimate of drug-likeness (QED) is 0.394. The molecule has 3 heterocycles. The lowest BCUT2D eigenvalue weighted by Crippen LogP contribution is -2.29. The van der Waals surface area contributed by atoms with Gasteiger partial charge < -0.3 is 5.11 Å². The maximum atomic E-state index is 12.5. The van der Waals surface area contributed by atoms with Crippen LogP contribution in [0.1, 0.15) is 68.5 Å². The first kappa shape index (κ1) is 21.5. The number of allylic oxidation sites excluding steroid dienone is 2. The SMILES string of the molecule is O=c1[nH]c(=S)n(CCC2=CCCCC2)c(O)c1C=NN1CCCCC1c1cccnc1. The van der Waals surface area contributed by atoms with Gasteiger partial charge in [-0.05, 0) is 75.2 Å². The average Bonchev–Trinajstić information content (AvgIpc) is 2.80. The summed E-state index contributed by atoms with van der Waals surface area (Å²) in [5.41, 5.74) is 2.21. The summed E-state index contributed by atoms with van der Waals surface area (Å²) in [4.78, 5) is 19.4. The van der Waals surface area contributed by atoms with E-state index < -0.39 is 5.56 Å².